The zero-order valence-electron chi connectivity index (χ0n) is 14.5. The van der Waals surface area contributed by atoms with Gasteiger partial charge in [0.1, 0.15) is 0 Å². The van der Waals surface area contributed by atoms with Crippen LogP contribution in [0.1, 0.15) is 54.4 Å². The second kappa shape index (κ2) is 6.95. The highest BCUT2D eigenvalue weighted by Crippen LogP contribution is 2.25. The van der Waals surface area contributed by atoms with Gasteiger partial charge in [-0.15, -0.1) is 0 Å². The number of carbonyl (C=O) groups is 2. The average molecular weight is 304 g/mol. The van der Waals surface area contributed by atoms with Gasteiger partial charge in [-0.05, 0) is 37.1 Å². The second-order valence-corrected chi connectivity index (χ2v) is 6.96. The minimum Gasteiger partial charge on any atom is -0.326 e. The van der Waals surface area contributed by atoms with Crippen molar-refractivity contribution in [3.8, 4) is 0 Å². The van der Waals surface area contributed by atoms with Crippen LogP contribution in [-0.4, -0.2) is 11.8 Å². The van der Waals surface area contributed by atoms with Crippen molar-refractivity contribution in [1.29, 1.82) is 0 Å². The van der Waals surface area contributed by atoms with E-state index in [2.05, 4.69) is 10.6 Å². The van der Waals surface area contributed by atoms with E-state index in [1.807, 2.05) is 41.5 Å². The molecule has 2 amide bonds. The van der Waals surface area contributed by atoms with Gasteiger partial charge in [-0.1, -0.05) is 41.5 Å². The summed E-state index contributed by atoms with van der Waals surface area (Å²) in [5.74, 6) is -0.00203. The molecule has 1 aromatic rings. The first-order chi connectivity index (χ1) is 10.1. The fourth-order valence-corrected chi connectivity index (χ4v) is 1.56. The lowest BCUT2D eigenvalue weighted by molar-refractivity contribution is -0.124. The Labute approximate surface area is 133 Å². The number of hydrogen-bond acceptors (Lipinski definition) is 2. The van der Waals surface area contributed by atoms with Crippen molar-refractivity contribution >= 4 is 23.2 Å². The fourth-order valence-electron chi connectivity index (χ4n) is 1.56. The third-order valence-electron chi connectivity index (χ3n) is 4.40. The Balaban J connectivity index is 2.72. The van der Waals surface area contributed by atoms with E-state index in [1.165, 1.54) is 0 Å². The monoisotopic (exact) mass is 304 g/mol. The Bertz CT molecular complexity index is 482. The lowest BCUT2D eigenvalue weighted by Crippen LogP contribution is -2.30. The van der Waals surface area contributed by atoms with Crippen molar-refractivity contribution in [3.63, 3.8) is 0 Å². The van der Waals surface area contributed by atoms with Gasteiger partial charge in [0.05, 0.1) is 0 Å². The van der Waals surface area contributed by atoms with Crippen molar-refractivity contribution < 1.29 is 9.59 Å². The normalized spacial score (nSPS) is 11.9. The number of benzene rings is 1. The van der Waals surface area contributed by atoms with E-state index in [-0.39, 0.29) is 11.8 Å². The van der Waals surface area contributed by atoms with Crippen LogP contribution in [-0.2, 0) is 9.59 Å². The fraction of sp³-hybridized carbons (Fsp3) is 0.556. The molecule has 0 atom stereocenters. The molecule has 2 N–H and O–H groups in total. The standard InChI is InChI=1S/C18H28N2O2/c1-7-17(3,4)15(21)19-13-9-11-14(12-10-13)20-16(22)18(5,6)8-2/h9-12H,7-8H2,1-6H3,(H,19,21)(H,20,22). The molecule has 0 bridgehead atoms. The van der Waals surface area contributed by atoms with Crippen LogP contribution in [0.25, 0.3) is 0 Å². The first-order valence-electron chi connectivity index (χ1n) is 7.85. The van der Waals surface area contributed by atoms with Gasteiger partial charge in [0.2, 0.25) is 11.8 Å². The molecule has 0 aliphatic carbocycles. The summed E-state index contributed by atoms with van der Waals surface area (Å²) in [4.78, 5) is 24.2. The molecule has 0 fully saturated rings. The van der Waals surface area contributed by atoms with Crippen molar-refractivity contribution in [3.05, 3.63) is 24.3 Å². The van der Waals surface area contributed by atoms with Gasteiger partial charge in [-0.25, -0.2) is 0 Å². The third kappa shape index (κ3) is 4.58. The molecular weight excluding hydrogens is 276 g/mol. The Kier molecular flexibility index (Phi) is 5.75. The number of hydrogen-bond donors (Lipinski definition) is 2. The summed E-state index contributed by atoms with van der Waals surface area (Å²) in [6, 6.07) is 7.22. The zero-order valence-corrected chi connectivity index (χ0v) is 14.5. The van der Waals surface area contributed by atoms with Gasteiger partial charge in [-0.2, -0.15) is 0 Å². The molecule has 0 saturated heterocycles. The van der Waals surface area contributed by atoms with Crippen LogP contribution in [0.3, 0.4) is 0 Å². The topological polar surface area (TPSA) is 58.2 Å². The van der Waals surface area contributed by atoms with Crippen molar-refractivity contribution in [2.45, 2.75) is 54.4 Å². The quantitative estimate of drug-likeness (QED) is 0.816. The van der Waals surface area contributed by atoms with Gasteiger partial charge in [0.15, 0.2) is 0 Å². The highest BCUT2D eigenvalue weighted by atomic mass is 16.2. The summed E-state index contributed by atoms with van der Waals surface area (Å²) in [7, 11) is 0. The van der Waals surface area contributed by atoms with Crippen LogP contribution in [0, 0.1) is 10.8 Å². The summed E-state index contributed by atoms with van der Waals surface area (Å²) in [6.07, 6.45) is 1.55. The Morgan fingerprint density at radius 3 is 1.27 bits per heavy atom. The predicted octanol–water partition coefficient (Wildman–Crippen LogP) is 4.44. The van der Waals surface area contributed by atoms with Gasteiger partial charge in [0.25, 0.3) is 0 Å². The van der Waals surface area contributed by atoms with E-state index in [1.54, 1.807) is 24.3 Å². The third-order valence-corrected chi connectivity index (χ3v) is 4.40. The SMILES string of the molecule is CCC(C)(C)C(=O)Nc1ccc(NC(=O)C(C)(C)CC)cc1. The van der Waals surface area contributed by atoms with E-state index in [0.29, 0.717) is 0 Å². The van der Waals surface area contributed by atoms with Crippen LogP contribution in [0.15, 0.2) is 24.3 Å². The molecule has 0 unspecified atom stereocenters. The van der Waals surface area contributed by atoms with Crippen molar-refractivity contribution in [1.82, 2.24) is 0 Å². The molecule has 0 heterocycles. The minimum absolute atomic E-state index is 0.00102. The molecule has 1 rings (SSSR count). The van der Waals surface area contributed by atoms with Gasteiger partial charge < -0.3 is 10.6 Å². The van der Waals surface area contributed by atoms with Gasteiger partial charge in [0, 0.05) is 22.2 Å². The van der Waals surface area contributed by atoms with E-state index < -0.39 is 10.8 Å². The Hall–Kier alpha value is -1.84. The highest BCUT2D eigenvalue weighted by Gasteiger charge is 2.26. The molecule has 0 spiro atoms. The first-order valence-corrected chi connectivity index (χ1v) is 7.85. The van der Waals surface area contributed by atoms with Crippen LogP contribution in [0.4, 0.5) is 11.4 Å². The zero-order chi connectivity index (χ0) is 17.0. The van der Waals surface area contributed by atoms with E-state index in [9.17, 15) is 9.59 Å². The lowest BCUT2D eigenvalue weighted by Gasteiger charge is -2.22. The number of amides is 2. The molecule has 0 aliphatic heterocycles. The van der Waals surface area contributed by atoms with Gasteiger partial charge in [-0.3, -0.25) is 9.59 Å². The van der Waals surface area contributed by atoms with Crippen LogP contribution in [0.2, 0.25) is 0 Å². The Morgan fingerprint density at radius 1 is 0.773 bits per heavy atom. The summed E-state index contributed by atoms with van der Waals surface area (Å²) in [5, 5.41) is 5.81. The summed E-state index contributed by atoms with van der Waals surface area (Å²) in [6.45, 7) is 11.7. The molecular formula is C18H28N2O2. The smallest absolute Gasteiger partial charge is 0.230 e. The van der Waals surface area contributed by atoms with E-state index in [0.717, 1.165) is 24.2 Å². The first kappa shape index (κ1) is 18.2. The van der Waals surface area contributed by atoms with E-state index >= 15 is 0 Å². The maximum atomic E-state index is 12.1. The van der Waals surface area contributed by atoms with Crippen LogP contribution < -0.4 is 10.6 Å². The maximum Gasteiger partial charge on any atom is 0.230 e. The minimum atomic E-state index is -0.391. The number of nitrogens with one attached hydrogen (secondary N) is 2. The predicted molar refractivity (Wildman–Crippen MR) is 91.8 cm³/mol. The van der Waals surface area contributed by atoms with Crippen LogP contribution >= 0.6 is 0 Å². The highest BCUT2D eigenvalue weighted by molar-refractivity contribution is 5.96. The molecule has 0 radical (unpaired) electrons. The molecule has 0 saturated carbocycles. The molecule has 122 valence electrons. The van der Waals surface area contributed by atoms with E-state index in [4.69, 9.17) is 0 Å². The van der Waals surface area contributed by atoms with Crippen LogP contribution in [0.5, 0.6) is 0 Å². The molecule has 0 aliphatic rings. The van der Waals surface area contributed by atoms with Gasteiger partial charge >= 0.3 is 0 Å². The number of carbonyl (C=O) groups excluding carboxylic acids is 2. The molecule has 1 aromatic carbocycles. The Morgan fingerprint density at radius 2 is 1.05 bits per heavy atom. The lowest BCUT2D eigenvalue weighted by atomic mass is 9.89. The summed E-state index contributed by atoms with van der Waals surface area (Å²) in [5.41, 5.74) is 0.689. The molecule has 0 aromatic heterocycles. The number of anilines is 2. The summed E-state index contributed by atoms with van der Waals surface area (Å²) >= 11 is 0. The summed E-state index contributed by atoms with van der Waals surface area (Å²) < 4.78 is 0. The second-order valence-electron chi connectivity index (χ2n) is 6.96. The van der Waals surface area contributed by atoms with Crippen molar-refractivity contribution in [2.75, 3.05) is 10.6 Å². The maximum absolute atomic E-state index is 12.1. The largest absolute Gasteiger partial charge is 0.326 e. The average Bonchev–Trinajstić information content (AvgIpc) is 2.48. The van der Waals surface area contributed by atoms with Crippen molar-refractivity contribution in [2.24, 2.45) is 10.8 Å². The molecule has 4 heteroatoms. The molecule has 22 heavy (non-hydrogen) atoms. The molecule has 4 nitrogen and oxygen atoms in total. The number of rotatable bonds is 6.